The smallest absolute Gasteiger partial charge is 0.303 e. The largest absolute Gasteiger partial charge is 0.481 e. The Bertz CT molecular complexity index is 780. The Kier molecular flexibility index (Phi) is 32.9. The zero-order valence-electron chi connectivity index (χ0n) is 31.0. The van der Waals surface area contributed by atoms with E-state index >= 15 is 0 Å². The molecule has 0 bridgehead atoms. The number of rotatable bonds is 35. The fraction of sp³-hybridized carbons (Fsp3) is 0.791. The van der Waals surface area contributed by atoms with Crippen molar-refractivity contribution in [3.8, 4) is 0 Å². The highest BCUT2D eigenvalue weighted by Crippen LogP contribution is 2.18. The number of nitrogens with zero attached hydrogens (tertiary/aromatic N) is 1. The molecule has 0 aromatic heterocycles. The van der Waals surface area contributed by atoms with E-state index in [4.69, 9.17) is 9.84 Å². The molecule has 0 spiro atoms. The van der Waals surface area contributed by atoms with Crippen LogP contribution in [0.2, 0.25) is 0 Å². The highest BCUT2D eigenvalue weighted by atomic mass is 16.5. The number of hydrogen-bond acceptors (Lipinski definition) is 3. The maximum absolute atomic E-state index is 10.5. The van der Waals surface area contributed by atoms with Gasteiger partial charge in [-0.15, -0.1) is 0 Å². The molecule has 1 aliphatic heterocycles. The average Bonchev–Trinajstić information content (AvgIpc) is 3.58. The Hall–Kier alpha value is -1.65. The monoisotopic (exact) mass is 656 g/mol. The molecule has 1 heterocycles. The Morgan fingerprint density at radius 2 is 1.09 bits per heavy atom. The molecule has 1 saturated heterocycles. The molecule has 1 unspecified atom stereocenters. The number of hydrogen-bond donors (Lipinski definition) is 1. The van der Waals surface area contributed by atoms with Crippen LogP contribution in [0.15, 0.2) is 48.6 Å². The molecule has 0 amide bonds. The van der Waals surface area contributed by atoms with Gasteiger partial charge in [-0.1, -0.05) is 126 Å². The van der Waals surface area contributed by atoms with E-state index in [0.29, 0.717) is 12.3 Å². The van der Waals surface area contributed by atoms with Crippen LogP contribution in [0.1, 0.15) is 180 Å². The lowest BCUT2D eigenvalue weighted by molar-refractivity contribution is -0.137. The Morgan fingerprint density at radius 1 is 0.617 bits per heavy atom. The summed E-state index contributed by atoms with van der Waals surface area (Å²) in [6.45, 7) is 7.97. The Labute approximate surface area is 292 Å². The molecule has 47 heavy (non-hydrogen) atoms. The lowest BCUT2D eigenvalue weighted by Crippen LogP contribution is -2.29. The van der Waals surface area contributed by atoms with E-state index in [1.807, 2.05) is 0 Å². The first kappa shape index (κ1) is 43.4. The first-order chi connectivity index (χ1) is 23.2. The van der Waals surface area contributed by atoms with Gasteiger partial charge in [0.2, 0.25) is 0 Å². The number of carboxylic acids is 1. The topological polar surface area (TPSA) is 49.8 Å². The molecule has 1 aliphatic rings. The molecular formula is C43H77NO3. The fourth-order valence-corrected chi connectivity index (χ4v) is 6.45. The van der Waals surface area contributed by atoms with Crippen molar-refractivity contribution >= 4 is 5.97 Å². The van der Waals surface area contributed by atoms with Crippen molar-refractivity contribution in [3.05, 3.63) is 48.6 Å². The summed E-state index contributed by atoms with van der Waals surface area (Å²) >= 11 is 0. The van der Waals surface area contributed by atoms with Gasteiger partial charge in [0.25, 0.3) is 0 Å². The molecule has 1 fully saturated rings. The van der Waals surface area contributed by atoms with E-state index in [1.165, 1.54) is 148 Å². The van der Waals surface area contributed by atoms with Crippen LogP contribution in [0.4, 0.5) is 0 Å². The van der Waals surface area contributed by atoms with Crippen molar-refractivity contribution in [1.82, 2.24) is 4.90 Å². The van der Waals surface area contributed by atoms with Gasteiger partial charge < -0.3 is 14.7 Å². The number of carbonyl (C=O) groups is 1. The molecule has 4 heteroatoms. The van der Waals surface area contributed by atoms with Crippen molar-refractivity contribution in [1.29, 1.82) is 0 Å². The van der Waals surface area contributed by atoms with E-state index in [-0.39, 0.29) is 0 Å². The van der Waals surface area contributed by atoms with Crippen LogP contribution < -0.4 is 0 Å². The van der Waals surface area contributed by atoms with Crippen molar-refractivity contribution < 1.29 is 14.6 Å². The van der Waals surface area contributed by atoms with Crippen molar-refractivity contribution in [2.45, 2.75) is 180 Å². The average molecular weight is 656 g/mol. The van der Waals surface area contributed by atoms with E-state index in [2.05, 4.69) is 60.4 Å². The summed E-state index contributed by atoms with van der Waals surface area (Å²) < 4.78 is 6.23. The Balaban J connectivity index is 1.99. The number of likely N-dealkylation sites (tertiary alicyclic amines) is 1. The molecule has 272 valence electrons. The first-order valence-electron chi connectivity index (χ1n) is 20.3. The zero-order chi connectivity index (χ0) is 33.7. The third kappa shape index (κ3) is 32.7. The second-order valence-electron chi connectivity index (χ2n) is 14.0. The van der Waals surface area contributed by atoms with Gasteiger partial charge >= 0.3 is 5.97 Å². The summed E-state index contributed by atoms with van der Waals surface area (Å²) in [4.78, 5) is 13.2. The minimum Gasteiger partial charge on any atom is -0.481 e. The molecule has 0 radical (unpaired) electrons. The molecule has 4 nitrogen and oxygen atoms in total. The SMILES string of the molecule is CCCCCC=CCC=CCCCCCCCCOCC(CCCCCC=CCC=CCCCCCCCC(=O)O)CN1CCCC1. The van der Waals surface area contributed by atoms with Gasteiger partial charge in [-0.3, -0.25) is 4.79 Å². The summed E-state index contributed by atoms with van der Waals surface area (Å²) in [7, 11) is 0. The van der Waals surface area contributed by atoms with Gasteiger partial charge in [0.1, 0.15) is 0 Å². The lowest BCUT2D eigenvalue weighted by atomic mass is 10.0. The Morgan fingerprint density at radius 3 is 1.62 bits per heavy atom. The quantitative estimate of drug-likeness (QED) is 0.0545. The molecule has 0 aromatic carbocycles. The fourth-order valence-electron chi connectivity index (χ4n) is 6.45. The van der Waals surface area contributed by atoms with Gasteiger partial charge in [-0.2, -0.15) is 0 Å². The van der Waals surface area contributed by atoms with E-state index < -0.39 is 5.97 Å². The predicted molar refractivity (Wildman–Crippen MR) is 205 cm³/mol. The van der Waals surface area contributed by atoms with Crippen LogP contribution in [0.3, 0.4) is 0 Å². The molecule has 1 N–H and O–H groups in total. The summed E-state index contributed by atoms with van der Waals surface area (Å²) in [5, 5.41) is 8.67. The number of ether oxygens (including phenoxy) is 1. The zero-order valence-corrected chi connectivity index (χ0v) is 31.0. The predicted octanol–water partition coefficient (Wildman–Crippen LogP) is 12.8. The van der Waals surface area contributed by atoms with E-state index in [1.54, 1.807) is 0 Å². The van der Waals surface area contributed by atoms with Crippen LogP contribution in [-0.4, -0.2) is 48.8 Å². The van der Waals surface area contributed by atoms with Crippen molar-refractivity contribution in [2.24, 2.45) is 5.92 Å². The van der Waals surface area contributed by atoms with E-state index in [0.717, 1.165) is 51.7 Å². The minimum atomic E-state index is -0.670. The third-order valence-corrected chi connectivity index (χ3v) is 9.41. The van der Waals surface area contributed by atoms with Crippen LogP contribution in [0.5, 0.6) is 0 Å². The molecule has 0 aromatic rings. The van der Waals surface area contributed by atoms with Crippen LogP contribution in [0, 0.1) is 5.92 Å². The minimum absolute atomic E-state index is 0.317. The molecule has 0 aliphatic carbocycles. The maximum atomic E-state index is 10.5. The second-order valence-corrected chi connectivity index (χ2v) is 14.0. The summed E-state index contributed by atoms with van der Waals surface area (Å²) in [6.07, 6.45) is 51.4. The maximum Gasteiger partial charge on any atom is 0.303 e. The second kappa shape index (κ2) is 35.7. The molecule has 1 rings (SSSR count). The normalized spacial score (nSPS) is 15.0. The number of carboxylic acid groups (broad SMARTS) is 1. The van der Waals surface area contributed by atoms with Crippen molar-refractivity contribution in [3.63, 3.8) is 0 Å². The summed E-state index contributed by atoms with van der Waals surface area (Å²) in [5.74, 6) is 0.0276. The molecule has 0 saturated carbocycles. The van der Waals surface area contributed by atoms with Gasteiger partial charge in [-0.05, 0) is 115 Å². The van der Waals surface area contributed by atoms with Gasteiger partial charge in [0, 0.05) is 19.6 Å². The standard InChI is InChI=1S/C43H77NO3/c1-2-3-4-5-6-7-8-9-10-14-17-20-23-26-29-34-39-47-41-42(40-44-37-32-33-38-44)35-30-27-24-21-18-15-12-11-13-16-19-22-25-28-31-36-43(45)46/h6-7,9-11,13,15,18,42H,2-5,8,12,14,16-17,19-41H2,1H3,(H,45,46). The van der Waals surface area contributed by atoms with Gasteiger partial charge in [-0.25, -0.2) is 0 Å². The highest BCUT2D eigenvalue weighted by molar-refractivity contribution is 5.66. The molecular weight excluding hydrogens is 578 g/mol. The molecule has 1 atom stereocenters. The number of allylic oxidation sites excluding steroid dienone is 8. The van der Waals surface area contributed by atoms with Gasteiger partial charge in [0.15, 0.2) is 0 Å². The number of unbranched alkanes of at least 4 members (excludes halogenated alkanes) is 17. The third-order valence-electron chi connectivity index (χ3n) is 9.41. The van der Waals surface area contributed by atoms with E-state index in [9.17, 15) is 4.79 Å². The van der Waals surface area contributed by atoms with Crippen LogP contribution >= 0.6 is 0 Å². The van der Waals surface area contributed by atoms with Gasteiger partial charge in [0.05, 0.1) is 6.61 Å². The highest BCUT2D eigenvalue weighted by Gasteiger charge is 2.17. The summed E-state index contributed by atoms with van der Waals surface area (Å²) in [5.41, 5.74) is 0. The summed E-state index contributed by atoms with van der Waals surface area (Å²) in [6, 6.07) is 0. The first-order valence-corrected chi connectivity index (χ1v) is 20.3. The van der Waals surface area contributed by atoms with Crippen molar-refractivity contribution in [2.75, 3.05) is 32.8 Å². The number of aliphatic carboxylic acids is 1. The van der Waals surface area contributed by atoms with Crippen LogP contribution in [-0.2, 0) is 9.53 Å². The lowest BCUT2D eigenvalue weighted by Gasteiger charge is -2.23. The van der Waals surface area contributed by atoms with Crippen LogP contribution in [0.25, 0.3) is 0 Å².